The van der Waals surface area contributed by atoms with Crippen LogP contribution in [0.1, 0.15) is 13.8 Å². The van der Waals surface area contributed by atoms with Gasteiger partial charge in [-0.25, -0.2) is 4.39 Å². The van der Waals surface area contributed by atoms with E-state index in [2.05, 4.69) is 5.32 Å². The lowest BCUT2D eigenvalue weighted by Crippen LogP contribution is -2.49. The van der Waals surface area contributed by atoms with Crippen molar-refractivity contribution in [1.29, 1.82) is 0 Å². The van der Waals surface area contributed by atoms with Gasteiger partial charge in [0.15, 0.2) is 0 Å². The monoisotopic (exact) mass is 355 g/mol. The molecule has 0 spiro atoms. The van der Waals surface area contributed by atoms with Crippen LogP contribution in [0, 0.1) is 0 Å². The number of amides is 1. The molecule has 25 heavy (non-hydrogen) atoms. The Bertz CT molecular complexity index is 544. The summed E-state index contributed by atoms with van der Waals surface area (Å²) in [6.07, 6.45) is 2.82. The van der Waals surface area contributed by atoms with Crippen LogP contribution in [0.4, 0.5) is 4.39 Å². The van der Waals surface area contributed by atoms with Gasteiger partial charge in [0.25, 0.3) is 0 Å². The van der Waals surface area contributed by atoms with Gasteiger partial charge in [0, 0.05) is 33.1 Å². The number of cyclic esters (lactones) is 1. The first-order valence-electron chi connectivity index (χ1n) is 8.51. The fraction of sp³-hybridized carbons (Fsp3) is 0.647. The van der Waals surface area contributed by atoms with Crippen LogP contribution in [0.5, 0.6) is 0 Å². The second-order valence-electron chi connectivity index (χ2n) is 6.07. The maximum Gasteiger partial charge on any atom is 0.320 e. The van der Waals surface area contributed by atoms with Gasteiger partial charge >= 0.3 is 5.97 Å². The second kappa shape index (κ2) is 9.53. The second-order valence-corrected chi connectivity index (χ2v) is 6.07. The molecule has 2 aliphatic rings. The number of hydrogen-bond donors (Lipinski definition) is 1. The number of nitrogens with one attached hydrogen (secondary N) is 1. The number of morpholine rings is 2. The highest BCUT2D eigenvalue weighted by molar-refractivity contribution is 5.74. The minimum absolute atomic E-state index is 0.114. The number of halogens is 1. The molecule has 0 aromatic carbocycles. The number of ether oxygens (including phenoxy) is 2. The fourth-order valence-corrected chi connectivity index (χ4v) is 2.89. The average molecular weight is 355 g/mol. The summed E-state index contributed by atoms with van der Waals surface area (Å²) in [5.41, 5.74) is 0.553. The molecule has 0 bridgehead atoms. The summed E-state index contributed by atoms with van der Waals surface area (Å²) < 4.78 is 25.1. The van der Waals surface area contributed by atoms with Gasteiger partial charge in [0.2, 0.25) is 5.91 Å². The predicted molar refractivity (Wildman–Crippen MR) is 90.3 cm³/mol. The predicted octanol–water partition coefficient (Wildman–Crippen LogP) is 0.439. The van der Waals surface area contributed by atoms with E-state index in [4.69, 9.17) is 9.47 Å². The molecule has 1 N–H and O–H groups in total. The normalized spacial score (nSPS) is 23.4. The molecule has 0 aliphatic carbocycles. The van der Waals surface area contributed by atoms with Gasteiger partial charge in [-0.2, -0.15) is 0 Å². The van der Waals surface area contributed by atoms with Gasteiger partial charge in [-0.3, -0.25) is 14.5 Å². The third-order valence-corrected chi connectivity index (χ3v) is 4.09. The van der Waals surface area contributed by atoms with Crippen LogP contribution < -0.4 is 5.32 Å². The Morgan fingerprint density at radius 1 is 1.40 bits per heavy atom. The van der Waals surface area contributed by atoms with Crippen molar-refractivity contribution in [2.24, 2.45) is 0 Å². The highest BCUT2D eigenvalue weighted by Gasteiger charge is 2.26. The molecule has 1 atom stereocenters. The van der Waals surface area contributed by atoms with Crippen LogP contribution in [-0.2, 0) is 19.1 Å². The number of carbonyl (C=O) groups is 2. The topological polar surface area (TPSA) is 71.1 Å². The zero-order valence-electron chi connectivity index (χ0n) is 14.8. The Labute approximate surface area is 147 Å². The van der Waals surface area contributed by atoms with Crippen LogP contribution in [0.25, 0.3) is 0 Å². The van der Waals surface area contributed by atoms with Crippen molar-refractivity contribution in [2.75, 3.05) is 52.5 Å². The fourth-order valence-electron chi connectivity index (χ4n) is 2.89. The number of carbonyl (C=O) groups excluding carboxylic acids is 2. The Balaban J connectivity index is 1.91. The largest absolute Gasteiger partial charge is 0.458 e. The zero-order valence-corrected chi connectivity index (χ0v) is 14.8. The van der Waals surface area contributed by atoms with Crippen molar-refractivity contribution in [3.63, 3.8) is 0 Å². The van der Waals surface area contributed by atoms with E-state index in [1.807, 2.05) is 9.80 Å². The zero-order chi connectivity index (χ0) is 18.2. The standard InChI is InChI=1S/C17H26FN3O4/c1-3-16(21-6-8-24-9-7-21)15(18)4-5-20-11-14(10-19-13(2)22)25-17(23)12-20/h3-4,14H,5-12H2,1-2H3,(H,19,22)/b15-4+,16-3+/t14-/m0/s1. The minimum atomic E-state index is -0.415. The van der Waals surface area contributed by atoms with Crippen molar-refractivity contribution in [2.45, 2.75) is 20.0 Å². The summed E-state index contributed by atoms with van der Waals surface area (Å²) in [5, 5.41) is 2.63. The molecule has 2 rings (SSSR count). The maximum atomic E-state index is 14.6. The van der Waals surface area contributed by atoms with Crippen LogP contribution in [0.2, 0.25) is 0 Å². The molecular formula is C17H26FN3O4. The van der Waals surface area contributed by atoms with E-state index >= 15 is 0 Å². The van der Waals surface area contributed by atoms with Crippen LogP contribution >= 0.6 is 0 Å². The number of nitrogens with zero attached hydrogens (tertiary/aromatic N) is 2. The summed E-state index contributed by atoms with van der Waals surface area (Å²) in [4.78, 5) is 26.4. The van der Waals surface area contributed by atoms with Crippen molar-refractivity contribution in [1.82, 2.24) is 15.1 Å². The lowest BCUT2D eigenvalue weighted by Gasteiger charge is -2.32. The maximum absolute atomic E-state index is 14.6. The lowest BCUT2D eigenvalue weighted by atomic mass is 10.2. The van der Waals surface area contributed by atoms with Crippen molar-refractivity contribution in [3.8, 4) is 0 Å². The first-order valence-corrected chi connectivity index (χ1v) is 8.51. The lowest BCUT2D eigenvalue weighted by molar-refractivity contribution is -0.158. The van der Waals surface area contributed by atoms with Gasteiger partial charge in [-0.15, -0.1) is 0 Å². The van der Waals surface area contributed by atoms with E-state index in [9.17, 15) is 14.0 Å². The molecule has 0 radical (unpaired) electrons. The molecule has 7 nitrogen and oxygen atoms in total. The number of allylic oxidation sites excluding steroid dienone is 2. The Hall–Kier alpha value is -1.93. The van der Waals surface area contributed by atoms with Crippen LogP contribution in [0.15, 0.2) is 23.7 Å². The smallest absolute Gasteiger partial charge is 0.320 e. The Morgan fingerprint density at radius 2 is 2.12 bits per heavy atom. The number of esters is 1. The molecule has 2 heterocycles. The van der Waals surface area contributed by atoms with E-state index in [0.717, 1.165) is 0 Å². The van der Waals surface area contributed by atoms with Crippen molar-refractivity contribution >= 4 is 11.9 Å². The summed E-state index contributed by atoms with van der Waals surface area (Å²) in [7, 11) is 0. The molecule has 2 saturated heterocycles. The van der Waals surface area contributed by atoms with Gasteiger partial charge in [0.1, 0.15) is 11.9 Å². The highest BCUT2D eigenvalue weighted by atomic mass is 19.1. The SMILES string of the molecule is C/C=C(\C(F)=C/CN1CC(=O)O[C@@H](CNC(C)=O)C1)N1CCOCC1. The summed E-state index contributed by atoms with van der Waals surface area (Å²) >= 11 is 0. The average Bonchev–Trinajstić information content (AvgIpc) is 2.59. The molecule has 2 fully saturated rings. The van der Waals surface area contributed by atoms with Gasteiger partial charge in [-0.05, 0) is 13.0 Å². The first-order chi connectivity index (χ1) is 12.0. The molecule has 2 aliphatic heterocycles. The number of hydrogen-bond acceptors (Lipinski definition) is 6. The van der Waals surface area contributed by atoms with Gasteiger partial charge in [-0.1, -0.05) is 6.08 Å². The van der Waals surface area contributed by atoms with E-state index in [1.54, 1.807) is 13.0 Å². The van der Waals surface area contributed by atoms with Crippen LogP contribution in [-0.4, -0.2) is 80.3 Å². The molecule has 0 aromatic heterocycles. The molecule has 0 unspecified atom stereocenters. The molecule has 0 aromatic rings. The van der Waals surface area contributed by atoms with Gasteiger partial charge in [0.05, 0.1) is 32.0 Å². The third kappa shape index (κ3) is 6.13. The van der Waals surface area contributed by atoms with Crippen LogP contribution in [0.3, 0.4) is 0 Å². The molecule has 1 amide bonds. The molecular weight excluding hydrogens is 329 g/mol. The minimum Gasteiger partial charge on any atom is -0.458 e. The Morgan fingerprint density at radius 3 is 2.76 bits per heavy atom. The van der Waals surface area contributed by atoms with E-state index < -0.39 is 6.10 Å². The van der Waals surface area contributed by atoms with Crippen molar-refractivity contribution < 1.29 is 23.5 Å². The quantitative estimate of drug-likeness (QED) is 0.551. The van der Waals surface area contributed by atoms with E-state index in [-0.39, 0.29) is 30.8 Å². The summed E-state index contributed by atoms with van der Waals surface area (Å²) in [5.74, 6) is -0.848. The Kier molecular flexibility index (Phi) is 7.39. The number of rotatable bonds is 6. The third-order valence-electron chi connectivity index (χ3n) is 4.09. The van der Waals surface area contributed by atoms with Gasteiger partial charge < -0.3 is 19.7 Å². The highest BCUT2D eigenvalue weighted by Crippen LogP contribution is 2.18. The first kappa shape index (κ1) is 19.4. The summed E-state index contributed by atoms with van der Waals surface area (Å²) in [6.45, 7) is 6.86. The molecule has 8 heteroatoms. The summed E-state index contributed by atoms with van der Waals surface area (Å²) in [6, 6.07) is 0. The van der Waals surface area contributed by atoms with Crippen molar-refractivity contribution in [3.05, 3.63) is 23.7 Å². The molecule has 0 saturated carbocycles. The van der Waals surface area contributed by atoms with E-state index in [0.29, 0.717) is 45.1 Å². The van der Waals surface area contributed by atoms with E-state index in [1.165, 1.54) is 13.0 Å². The molecule has 140 valence electrons.